The monoisotopic (exact) mass is 484 g/mol. The van der Waals surface area contributed by atoms with Crippen molar-refractivity contribution in [3.63, 3.8) is 0 Å². The number of rotatable bonds is 4. The van der Waals surface area contributed by atoms with Crippen LogP contribution in [0, 0.1) is 5.82 Å². The third-order valence-electron chi connectivity index (χ3n) is 5.80. The van der Waals surface area contributed by atoms with Crippen LogP contribution in [-0.2, 0) is 16.0 Å². The van der Waals surface area contributed by atoms with Crippen molar-refractivity contribution in [2.45, 2.75) is 6.42 Å². The van der Waals surface area contributed by atoms with E-state index in [2.05, 4.69) is 5.32 Å². The first-order valence-electron chi connectivity index (χ1n) is 10.8. The van der Waals surface area contributed by atoms with Crippen molar-refractivity contribution in [1.82, 2.24) is 5.32 Å². The first-order valence-corrected chi connectivity index (χ1v) is 11.2. The van der Waals surface area contributed by atoms with Gasteiger partial charge >= 0.3 is 6.03 Å². The number of fused-ring (bicyclic) bond motifs is 1. The summed E-state index contributed by atoms with van der Waals surface area (Å²) in [5, 5.41) is 4.31. The maximum atomic E-state index is 13.8. The minimum absolute atomic E-state index is 0.193. The van der Waals surface area contributed by atoms with Crippen LogP contribution in [0.1, 0.15) is 16.7 Å². The van der Waals surface area contributed by atoms with Crippen LogP contribution in [0.2, 0.25) is 5.02 Å². The maximum absolute atomic E-state index is 13.8. The van der Waals surface area contributed by atoms with Crippen LogP contribution >= 0.6 is 11.6 Å². The summed E-state index contributed by atoms with van der Waals surface area (Å²) in [6, 6.07) is 23.1. The Kier molecular flexibility index (Phi) is 5.89. The Balaban J connectivity index is 1.65. The molecule has 4 amide bonds. The Labute approximate surface area is 205 Å². The van der Waals surface area contributed by atoms with E-state index < -0.39 is 17.8 Å². The lowest BCUT2D eigenvalue weighted by atomic mass is 9.92. The minimum Gasteiger partial charge on any atom is -0.273 e. The molecule has 5 nitrogen and oxygen atoms in total. The van der Waals surface area contributed by atoms with Crippen LogP contribution < -0.4 is 10.2 Å². The normalized spacial score (nSPS) is 15.1. The van der Waals surface area contributed by atoms with Gasteiger partial charge < -0.3 is 0 Å². The van der Waals surface area contributed by atoms with Gasteiger partial charge in [-0.25, -0.2) is 14.1 Å². The number of carbonyl (C=O) groups excluding carboxylic acids is 3. The topological polar surface area (TPSA) is 66.5 Å². The van der Waals surface area contributed by atoms with Crippen molar-refractivity contribution < 1.29 is 18.8 Å². The van der Waals surface area contributed by atoms with Crippen LogP contribution in [0.3, 0.4) is 0 Å². The standard InChI is InChI=1S/C28H18ClFN2O3/c29-20-7-4-9-22(15-20)32-27(34)25(26(33)31-28(32)35)16-24-19(13-17-5-3-8-21(30)14-17)12-11-18-6-1-2-10-23(18)24/h1-12,14-16H,13H2,(H,31,33,35)/b25-16+. The number of anilines is 1. The molecule has 1 saturated heterocycles. The number of benzene rings is 4. The van der Waals surface area contributed by atoms with Crippen molar-refractivity contribution >= 4 is 52.0 Å². The lowest BCUT2D eigenvalue weighted by Gasteiger charge is -2.26. The molecule has 0 radical (unpaired) electrons. The molecule has 0 spiro atoms. The number of barbiturate groups is 1. The summed E-state index contributed by atoms with van der Waals surface area (Å²) in [5.41, 5.74) is 2.24. The summed E-state index contributed by atoms with van der Waals surface area (Å²) in [4.78, 5) is 39.6. The second-order valence-corrected chi connectivity index (χ2v) is 8.54. The molecule has 0 bridgehead atoms. The molecule has 0 saturated carbocycles. The molecule has 1 fully saturated rings. The number of hydrogen-bond acceptors (Lipinski definition) is 3. The Bertz CT molecular complexity index is 1550. The predicted octanol–water partition coefficient (Wildman–Crippen LogP) is 5.89. The number of nitrogens with one attached hydrogen (secondary N) is 1. The summed E-state index contributed by atoms with van der Waals surface area (Å²) < 4.78 is 13.8. The van der Waals surface area contributed by atoms with E-state index in [-0.39, 0.29) is 17.1 Å². The summed E-state index contributed by atoms with van der Waals surface area (Å²) in [5.74, 6) is -1.89. The molecule has 35 heavy (non-hydrogen) atoms. The molecule has 7 heteroatoms. The Hall–Kier alpha value is -4.29. The minimum atomic E-state index is -0.850. The van der Waals surface area contributed by atoms with Crippen LogP contribution in [0.15, 0.2) is 90.5 Å². The molecule has 0 aromatic heterocycles. The largest absolute Gasteiger partial charge is 0.335 e. The number of halogens is 2. The molecule has 1 N–H and O–H groups in total. The zero-order chi connectivity index (χ0) is 24.5. The highest BCUT2D eigenvalue weighted by Crippen LogP contribution is 2.29. The third-order valence-corrected chi connectivity index (χ3v) is 6.04. The molecule has 0 atom stereocenters. The SMILES string of the molecule is O=C1NC(=O)N(c2cccc(Cl)c2)C(=O)/C1=C/c1c(Cc2cccc(F)c2)ccc2ccccc12. The molecule has 1 aliphatic heterocycles. The highest BCUT2D eigenvalue weighted by Gasteiger charge is 2.37. The first-order chi connectivity index (χ1) is 16.9. The van der Waals surface area contributed by atoms with Crippen molar-refractivity contribution in [2.24, 2.45) is 0 Å². The van der Waals surface area contributed by atoms with E-state index in [9.17, 15) is 18.8 Å². The quantitative estimate of drug-likeness (QED) is 0.290. The van der Waals surface area contributed by atoms with Crippen molar-refractivity contribution in [3.05, 3.63) is 118 Å². The van der Waals surface area contributed by atoms with Crippen LogP contribution in [0.25, 0.3) is 16.8 Å². The third kappa shape index (κ3) is 4.44. The zero-order valence-electron chi connectivity index (χ0n) is 18.3. The highest BCUT2D eigenvalue weighted by atomic mass is 35.5. The molecule has 0 aliphatic carbocycles. The van der Waals surface area contributed by atoms with Crippen LogP contribution in [0.5, 0.6) is 0 Å². The van der Waals surface area contributed by atoms with E-state index in [1.54, 1.807) is 24.3 Å². The summed E-state index contributed by atoms with van der Waals surface area (Å²) in [7, 11) is 0. The van der Waals surface area contributed by atoms with Gasteiger partial charge in [0.05, 0.1) is 5.69 Å². The van der Waals surface area contributed by atoms with Gasteiger partial charge in [0.15, 0.2) is 0 Å². The molecule has 0 unspecified atom stereocenters. The highest BCUT2D eigenvalue weighted by molar-refractivity contribution is 6.39. The van der Waals surface area contributed by atoms with Gasteiger partial charge in [0.25, 0.3) is 11.8 Å². The van der Waals surface area contributed by atoms with Crippen molar-refractivity contribution in [2.75, 3.05) is 4.90 Å². The average molecular weight is 485 g/mol. The molecular formula is C28H18ClFN2O3. The summed E-state index contributed by atoms with van der Waals surface area (Å²) >= 11 is 6.05. The summed E-state index contributed by atoms with van der Waals surface area (Å²) in [6.07, 6.45) is 1.88. The second-order valence-electron chi connectivity index (χ2n) is 8.10. The van der Waals surface area contributed by atoms with E-state index in [4.69, 9.17) is 11.6 Å². The second kappa shape index (κ2) is 9.16. The van der Waals surface area contributed by atoms with Gasteiger partial charge in [0, 0.05) is 5.02 Å². The van der Waals surface area contributed by atoms with E-state index >= 15 is 0 Å². The Morgan fingerprint density at radius 1 is 0.886 bits per heavy atom. The lowest BCUT2D eigenvalue weighted by molar-refractivity contribution is -0.122. The molecule has 4 aromatic rings. The number of hydrogen-bond donors (Lipinski definition) is 1. The Morgan fingerprint density at radius 2 is 1.69 bits per heavy atom. The predicted molar refractivity (Wildman–Crippen MR) is 134 cm³/mol. The summed E-state index contributed by atoms with van der Waals surface area (Å²) in [6.45, 7) is 0. The van der Waals surface area contributed by atoms with Gasteiger partial charge in [-0.05, 0) is 70.3 Å². The van der Waals surface area contributed by atoms with E-state index in [0.29, 0.717) is 17.0 Å². The fourth-order valence-corrected chi connectivity index (χ4v) is 4.37. The van der Waals surface area contributed by atoms with Gasteiger partial charge in [-0.1, -0.05) is 66.2 Å². The molecule has 172 valence electrons. The van der Waals surface area contributed by atoms with Gasteiger partial charge in [-0.15, -0.1) is 0 Å². The lowest BCUT2D eigenvalue weighted by Crippen LogP contribution is -2.54. The maximum Gasteiger partial charge on any atom is 0.335 e. The van der Waals surface area contributed by atoms with Gasteiger partial charge in [-0.3, -0.25) is 14.9 Å². The van der Waals surface area contributed by atoms with Crippen molar-refractivity contribution in [3.8, 4) is 0 Å². The van der Waals surface area contributed by atoms with Gasteiger partial charge in [-0.2, -0.15) is 0 Å². The molecule has 1 heterocycles. The van der Waals surface area contributed by atoms with Crippen molar-refractivity contribution in [1.29, 1.82) is 0 Å². The number of urea groups is 1. The van der Waals surface area contributed by atoms with Crippen LogP contribution in [-0.4, -0.2) is 17.8 Å². The van der Waals surface area contributed by atoms with E-state index in [1.165, 1.54) is 24.3 Å². The van der Waals surface area contributed by atoms with E-state index in [0.717, 1.165) is 26.8 Å². The fourth-order valence-electron chi connectivity index (χ4n) is 4.18. The van der Waals surface area contributed by atoms with Gasteiger partial charge in [0.2, 0.25) is 0 Å². The molecular weight excluding hydrogens is 467 g/mol. The number of nitrogens with zero attached hydrogens (tertiary/aromatic N) is 1. The van der Waals surface area contributed by atoms with E-state index in [1.807, 2.05) is 42.5 Å². The Morgan fingerprint density at radius 3 is 2.49 bits per heavy atom. The number of amides is 4. The molecule has 5 rings (SSSR count). The van der Waals surface area contributed by atoms with Crippen LogP contribution in [0.4, 0.5) is 14.9 Å². The number of imide groups is 2. The molecule has 4 aromatic carbocycles. The fraction of sp³-hybridized carbons (Fsp3) is 0.0357. The first kappa shape index (κ1) is 22.5. The van der Waals surface area contributed by atoms with Gasteiger partial charge in [0.1, 0.15) is 11.4 Å². The average Bonchev–Trinajstić information content (AvgIpc) is 2.82. The molecule has 1 aliphatic rings. The smallest absolute Gasteiger partial charge is 0.273 e. The zero-order valence-corrected chi connectivity index (χ0v) is 19.1. The number of carbonyl (C=O) groups is 3.